The number of anilines is 2. The summed E-state index contributed by atoms with van der Waals surface area (Å²) >= 11 is 0. The van der Waals surface area contributed by atoms with E-state index in [0.717, 1.165) is 24.3 Å². The van der Waals surface area contributed by atoms with Crippen LogP contribution in [0, 0.1) is 0 Å². The Morgan fingerprint density at radius 2 is 0.745 bits per heavy atom. The minimum absolute atomic E-state index is 0.0435. The lowest BCUT2D eigenvalue weighted by Crippen LogP contribution is -2.54. The molecule has 0 unspecified atom stereocenters. The summed E-state index contributed by atoms with van der Waals surface area (Å²) in [6, 6.07) is 14.1. The fourth-order valence-corrected chi connectivity index (χ4v) is 5.48. The molecule has 0 bridgehead atoms. The van der Waals surface area contributed by atoms with E-state index in [1.165, 1.54) is 36.4 Å². The second-order valence-corrected chi connectivity index (χ2v) is 11.7. The molecule has 4 N–H and O–H groups in total. The maximum absolute atomic E-state index is 14.7. The van der Waals surface area contributed by atoms with Crippen LogP contribution in [0.1, 0.15) is 47.9 Å². The predicted molar refractivity (Wildman–Crippen MR) is 166 cm³/mol. The van der Waals surface area contributed by atoms with E-state index in [-0.39, 0.29) is 60.1 Å². The maximum atomic E-state index is 14.7. The molecule has 0 saturated carbocycles. The average Bonchev–Trinajstić information content (AvgIpc) is 2.99. The molecule has 4 aromatic carbocycles. The minimum atomic E-state index is -5.90. The van der Waals surface area contributed by atoms with Crippen LogP contribution in [0.4, 0.5) is 64.1 Å². The number of alkyl halides is 12. The Bertz CT molecular complexity index is 1630. The summed E-state index contributed by atoms with van der Waals surface area (Å²) in [4.78, 5) is 0. The Hall–Kier alpha value is -4.76. The molecule has 51 heavy (non-hydrogen) atoms. The smallest absolute Gasteiger partial charge is 0.411 e. The number of benzene rings is 4. The van der Waals surface area contributed by atoms with Crippen LogP contribution in [0.3, 0.4) is 0 Å². The fraction of sp³-hybridized carbons (Fsp3) is 0.314. The number of rotatable bonds is 12. The van der Waals surface area contributed by atoms with Gasteiger partial charge < -0.3 is 20.9 Å². The van der Waals surface area contributed by atoms with Crippen molar-refractivity contribution in [2.45, 2.75) is 68.6 Å². The van der Waals surface area contributed by atoms with Crippen LogP contribution in [0.5, 0.6) is 23.0 Å². The van der Waals surface area contributed by atoms with E-state index >= 15 is 0 Å². The molecule has 0 aliphatic heterocycles. The minimum Gasteiger partial charge on any atom is -0.457 e. The van der Waals surface area contributed by atoms with Crippen LogP contribution in [-0.4, -0.2) is 24.7 Å². The summed E-state index contributed by atoms with van der Waals surface area (Å²) in [5, 5.41) is 0. The molecule has 276 valence electrons. The summed E-state index contributed by atoms with van der Waals surface area (Å²) in [6.07, 6.45) is -23.3. The third-order valence-corrected chi connectivity index (χ3v) is 7.94. The highest BCUT2D eigenvalue weighted by atomic mass is 19.4. The molecule has 4 nitrogen and oxygen atoms in total. The lowest BCUT2D eigenvalue weighted by Gasteiger charge is -2.38. The third-order valence-electron chi connectivity index (χ3n) is 7.94. The predicted octanol–water partition coefficient (Wildman–Crippen LogP) is 11.6. The van der Waals surface area contributed by atoms with E-state index in [4.69, 9.17) is 20.9 Å². The van der Waals surface area contributed by atoms with E-state index in [1.807, 2.05) is 0 Å². The van der Waals surface area contributed by atoms with E-state index in [1.54, 1.807) is 0 Å². The molecule has 0 aliphatic rings. The Labute approximate surface area is 284 Å². The first-order valence-corrected chi connectivity index (χ1v) is 15.2. The molecule has 16 heteroatoms. The van der Waals surface area contributed by atoms with E-state index < -0.39 is 54.1 Å². The number of nitrogen functional groups attached to an aromatic ring is 2. The number of halogens is 12. The monoisotopic (exact) mass is 738 g/mol. The SMILES string of the molecule is Nc1ccc(Oc2ccc(C(c3ccc(Oc4ccc(N)c(CCCC(F)(F)F)c4)cc3)(C(F)(F)F)C(F)(F)F)cc2)cc1CCCC(F)(F)F. The van der Waals surface area contributed by atoms with Gasteiger partial charge in [-0.1, -0.05) is 24.3 Å². The number of ether oxygens (including phenoxy) is 2. The van der Waals surface area contributed by atoms with Gasteiger partial charge in [-0.15, -0.1) is 0 Å². The van der Waals surface area contributed by atoms with Crippen molar-refractivity contribution in [1.29, 1.82) is 0 Å². The molecule has 0 radical (unpaired) electrons. The summed E-state index contributed by atoms with van der Waals surface area (Å²) in [6.45, 7) is 0. The van der Waals surface area contributed by atoms with Gasteiger partial charge in [0.1, 0.15) is 23.0 Å². The van der Waals surface area contributed by atoms with Gasteiger partial charge in [0, 0.05) is 24.2 Å². The van der Waals surface area contributed by atoms with Crippen molar-refractivity contribution in [2.75, 3.05) is 11.5 Å². The van der Waals surface area contributed by atoms with Crippen LogP contribution >= 0.6 is 0 Å². The fourth-order valence-electron chi connectivity index (χ4n) is 5.48. The molecule has 4 aromatic rings. The second kappa shape index (κ2) is 14.8. The first-order chi connectivity index (χ1) is 23.6. The van der Waals surface area contributed by atoms with Gasteiger partial charge in [0.05, 0.1) is 0 Å². The number of hydrogen-bond acceptors (Lipinski definition) is 4. The molecular weight excluding hydrogens is 708 g/mol. The zero-order valence-corrected chi connectivity index (χ0v) is 26.3. The first-order valence-electron chi connectivity index (χ1n) is 15.2. The van der Waals surface area contributed by atoms with Crippen molar-refractivity contribution in [3.8, 4) is 23.0 Å². The van der Waals surface area contributed by atoms with Gasteiger partial charge in [0.25, 0.3) is 0 Å². The highest BCUT2D eigenvalue weighted by molar-refractivity contribution is 5.53. The summed E-state index contributed by atoms with van der Waals surface area (Å²) in [5.74, 6) is -0.231. The molecule has 0 saturated heterocycles. The van der Waals surface area contributed by atoms with Crippen LogP contribution in [0.15, 0.2) is 84.9 Å². The molecule has 0 atom stereocenters. The standard InChI is InChI=1S/C35H30F12N2O2/c36-31(37,38)17-1-3-21-19-27(13-15-29(21)48)50-25-9-5-23(6-10-25)33(34(42,43)44,35(45,46)47)24-7-11-26(12-8-24)51-28-14-16-30(49)22(20-28)4-2-18-32(39,40)41/h5-16,19-20H,1-4,17-18,48-49H2. The van der Waals surface area contributed by atoms with E-state index in [9.17, 15) is 52.7 Å². The number of nitrogens with two attached hydrogens (primary N) is 2. The van der Waals surface area contributed by atoms with E-state index in [2.05, 4.69) is 0 Å². The summed E-state index contributed by atoms with van der Waals surface area (Å²) in [7, 11) is 0. The quantitative estimate of drug-likeness (QED) is 0.112. The van der Waals surface area contributed by atoms with Crippen molar-refractivity contribution in [1.82, 2.24) is 0 Å². The van der Waals surface area contributed by atoms with Crippen molar-refractivity contribution in [3.63, 3.8) is 0 Å². The van der Waals surface area contributed by atoms with Gasteiger partial charge in [0.2, 0.25) is 5.41 Å². The zero-order chi connectivity index (χ0) is 37.8. The van der Waals surface area contributed by atoms with Gasteiger partial charge in [-0.05, 0) is 109 Å². The van der Waals surface area contributed by atoms with Crippen LogP contribution < -0.4 is 20.9 Å². The van der Waals surface area contributed by atoms with Crippen molar-refractivity contribution in [2.24, 2.45) is 0 Å². The first kappa shape index (κ1) is 39.0. The summed E-state index contributed by atoms with van der Waals surface area (Å²) < 4.78 is 175. The average molecular weight is 739 g/mol. The van der Waals surface area contributed by atoms with Crippen LogP contribution in [0.25, 0.3) is 0 Å². The van der Waals surface area contributed by atoms with Crippen molar-refractivity contribution in [3.05, 3.63) is 107 Å². The normalized spacial score (nSPS) is 12.9. The van der Waals surface area contributed by atoms with Crippen LogP contribution in [0.2, 0.25) is 0 Å². The molecule has 0 aliphatic carbocycles. The lowest BCUT2D eigenvalue weighted by atomic mass is 9.73. The van der Waals surface area contributed by atoms with Gasteiger partial charge >= 0.3 is 24.7 Å². The van der Waals surface area contributed by atoms with Crippen LogP contribution in [-0.2, 0) is 18.3 Å². The lowest BCUT2D eigenvalue weighted by molar-refractivity contribution is -0.288. The molecule has 0 heterocycles. The maximum Gasteiger partial charge on any atom is 0.411 e. The largest absolute Gasteiger partial charge is 0.457 e. The highest BCUT2D eigenvalue weighted by Crippen LogP contribution is 2.56. The van der Waals surface area contributed by atoms with E-state index in [0.29, 0.717) is 35.4 Å². The third kappa shape index (κ3) is 9.73. The Balaban J connectivity index is 1.59. The topological polar surface area (TPSA) is 70.5 Å². The summed E-state index contributed by atoms with van der Waals surface area (Å²) in [5.41, 5.74) is 5.76. The Morgan fingerprint density at radius 3 is 1.04 bits per heavy atom. The molecule has 0 fully saturated rings. The highest BCUT2D eigenvalue weighted by Gasteiger charge is 2.72. The van der Waals surface area contributed by atoms with Gasteiger partial charge in [-0.3, -0.25) is 0 Å². The molecule has 4 rings (SSSR count). The zero-order valence-electron chi connectivity index (χ0n) is 26.3. The molecular formula is C35H30F12N2O2. The number of hydrogen-bond donors (Lipinski definition) is 2. The van der Waals surface area contributed by atoms with Crippen molar-refractivity contribution < 1.29 is 62.2 Å². The number of aryl methyl sites for hydroxylation is 2. The Kier molecular flexibility index (Phi) is 11.4. The Morgan fingerprint density at radius 1 is 0.431 bits per heavy atom. The molecule has 0 aromatic heterocycles. The van der Waals surface area contributed by atoms with Gasteiger partial charge in [0.15, 0.2) is 0 Å². The molecule has 0 amide bonds. The second-order valence-electron chi connectivity index (χ2n) is 11.7. The van der Waals surface area contributed by atoms with Gasteiger partial charge in [-0.25, -0.2) is 0 Å². The van der Waals surface area contributed by atoms with Crippen molar-refractivity contribution >= 4 is 11.4 Å². The molecule has 0 spiro atoms. The van der Waals surface area contributed by atoms with Gasteiger partial charge in [-0.2, -0.15) is 52.7 Å².